The number of para-hydroxylation sites is 1. The number of carbonyl (C=O) groups excluding carboxylic acids is 2. The summed E-state index contributed by atoms with van der Waals surface area (Å²) in [6.45, 7) is 0. The first-order valence-electron chi connectivity index (χ1n) is 5.53. The van der Waals surface area contributed by atoms with Gasteiger partial charge in [-0.05, 0) is 24.3 Å². The summed E-state index contributed by atoms with van der Waals surface area (Å²) in [7, 11) is 0. The number of primary amides is 1. The van der Waals surface area contributed by atoms with Crippen LogP contribution in [0.1, 0.15) is 10.4 Å². The number of pyridine rings is 1. The molecule has 0 atom stereocenters. The van der Waals surface area contributed by atoms with Gasteiger partial charge in [-0.1, -0.05) is 12.1 Å². The Kier molecular flexibility index (Phi) is 3.72. The van der Waals surface area contributed by atoms with Crippen LogP contribution in [0.5, 0.6) is 0 Å². The lowest BCUT2D eigenvalue weighted by molar-refractivity contribution is 0.100. The molecule has 3 amide bonds. The summed E-state index contributed by atoms with van der Waals surface area (Å²) in [6, 6.07) is 9.37. The van der Waals surface area contributed by atoms with Crippen LogP contribution in [0.25, 0.3) is 0 Å². The number of hydrogen-bond donors (Lipinski definition) is 3. The number of benzene rings is 1. The number of nitrogens with one attached hydrogen (secondary N) is 2. The van der Waals surface area contributed by atoms with Gasteiger partial charge in [0, 0.05) is 18.1 Å². The minimum atomic E-state index is -0.597. The molecule has 0 bridgehead atoms. The third-order valence-electron chi connectivity index (χ3n) is 2.38. The molecule has 6 nitrogen and oxygen atoms in total. The number of aromatic nitrogens is 1. The van der Waals surface area contributed by atoms with E-state index in [1.54, 1.807) is 48.8 Å². The molecule has 96 valence electrons. The zero-order valence-electron chi connectivity index (χ0n) is 9.96. The molecule has 0 fully saturated rings. The van der Waals surface area contributed by atoms with Crippen LogP contribution in [-0.4, -0.2) is 16.9 Å². The van der Waals surface area contributed by atoms with E-state index in [0.29, 0.717) is 11.4 Å². The summed E-state index contributed by atoms with van der Waals surface area (Å²) in [4.78, 5) is 26.8. The van der Waals surface area contributed by atoms with Crippen LogP contribution in [0.4, 0.5) is 16.2 Å². The van der Waals surface area contributed by atoms with Gasteiger partial charge in [0.15, 0.2) is 0 Å². The average Bonchev–Trinajstić information content (AvgIpc) is 2.40. The molecule has 4 N–H and O–H groups in total. The van der Waals surface area contributed by atoms with E-state index in [-0.39, 0.29) is 5.56 Å². The van der Waals surface area contributed by atoms with Crippen LogP contribution in [0.3, 0.4) is 0 Å². The molecule has 2 aromatic rings. The van der Waals surface area contributed by atoms with Crippen molar-refractivity contribution in [2.75, 3.05) is 10.6 Å². The van der Waals surface area contributed by atoms with E-state index in [1.165, 1.54) is 0 Å². The van der Waals surface area contributed by atoms with E-state index >= 15 is 0 Å². The van der Waals surface area contributed by atoms with Gasteiger partial charge in [0.05, 0.1) is 11.3 Å². The number of hydrogen-bond acceptors (Lipinski definition) is 3. The van der Waals surface area contributed by atoms with Gasteiger partial charge in [0.25, 0.3) is 5.91 Å². The van der Waals surface area contributed by atoms with Gasteiger partial charge >= 0.3 is 6.03 Å². The fourth-order valence-electron chi connectivity index (χ4n) is 1.53. The van der Waals surface area contributed by atoms with E-state index in [4.69, 9.17) is 5.73 Å². The largest absolute Gasteiger partial charge is 0.366 e. The molecule has 1 heterocycles. The van der Waals surface area contributed by atoms with Gasteiger partial charge in [0.2, 0.25) is 0 Å². The van der Waals surface area contributed by atoms with Gasteiger partial charge in [-0.3, -0.25) is 9.78 Å². The van der Waals surface area contributed by atoms with Gasteiger partial charge in [-0.2, -0.15) is 0 Å². The summed E-state index contributed by atoms with van der Waals surface area (Å²) in [5, 5.41) is 5.18. The zero-order chi connectivity index (χ0) is 13.7. The van der Waals surface area contributed by atoms with E-state index in [9.17, 15) is 9.59 Å². The molecule has 0 aliphatic rings. The van der Waals surface area contributed by atoms with Crippen LogP contribution >= 0.6 is 0 Å². The molecular formula is C13H12N4O2. The van der Waals surface area contributed by atoms with Gasteiger partial charge < -0.3 is 16.4 Å². The Balaban J connectivity index is 2.09. The topological polar surface area (TPSA) is 97.1 Å². The van der Waals surface area contributed by atoms with Crippen molar-refractivity contribution in [3.63, 3.8) is 0 Å². The Morgan fingerprint density at radius 3 is 2.37 bits per heavy atom. The first kappa shape index (κ1) is 12.6. The average molecular weight is 256 g/mol. The quantitative estimate of drug-likeness (QED) is 0.781. The van der Waals surface area contributed by atoms with Gasteiger partial charge in [-0.15, -0.1) is 0 Å². The SMILES string of the molecule is NC(=O)c1ccccc1NC(=O)Nc1ccncc1. The first-order valence-corrected chi connectivity index (χ1v) is 5.53. The fraction of sp³-hybridized carbons (Fsp3) is 0. The summed E-state index contributed by atoms with van der Waals surface area (Å²) in [5.41, 5.74) is 6.44. The molecule has 0 aliphatic heterocycles. The fourth-order valence-corrected chi connectivity index (χ4v) is 1.53. The van der Waals surface area contributed by atoms with Crippen molar-refractivity contribution in [2.45, 2.75) is 0 Å². The van der Waals surface area contributed by atoms with Crippen LogP contribution in [-0.2, 0) is 0 Å². The Morgan fingerprint density at radius 2 is 1.68 bits per heavy atom. The van der Waals surface area contributed by atoms with E-state index < -0.39 is 11.9 Å². The normalized spacial score (nSPS) is 9.68. The molecular weight excluding hydrogens is 244 g/mol. The number of carbonyl (C=O) groups is 2. The molecule has 0 unspecified atom stereocenters. The van der Waals surface area contributed by atoms with Crippen LogP contribution in [0, 0.1) is 0 Å². The van der Waals surface area contributed by atoms with Crippen molar-refractivity contribution in [3.05, 3.63) is 54.4 Å². The molecule has 6 heteroatoms. The molecule has 2 rings (SSSR count). The number of nitrogens with zero attached hydrogens (tertiary/aromatic N) is 1. The van der Waals surface area contributed by atoms with Crippen molar-refractivity contribution >= 4 is 23.3 Å². The van der Waals surface area contributed by atoms with E-state index in [2.05, 4.69) is 15.6 Å². The number of amides is 3. The lowest BCUT2D eigenvalue weighted by Crippen LogP contribution is -2.22. The zero-order valence-corrected chi connectivity index (χ0v) is 9.96. The second-order valence-corrected chi connectivity index (χ2v) is 3.72. The maximum Gasteiger partial charge on any atom is 0.323 e. The summed E-state index contributed by atoms with van der Waals surface area (Å²) < 4.78 is 0. The van der Waals surface area contributed by atoms with Crippen molar-refractivity contribution in [2.24, 2.45) is 5.73 Å². The van der Waals surface area contributed by atoms with Crippen molar-refractivity contribution in [3.8, 4) is 0 Å². The molecule has 0 radical (unpaired) electrons. The lowest BCUT2D eigenvalue weighted by Gasteiger charge is -2.09. The smallest absolute Gasteiger partial charge is 0.323 e. The molecule has 0 saturated carbocycles. The molecule has 0 spiro atoms. The third kappa shape index (κ3) is 3.29. The highest BCUT2D eigenvalue weighted by atomic mass is 16.2. The highest BCUT2D eigenvalue weighted by molar-refractivity contribution is 6.05. The maximum absolute atomic E-state index is 11.8. The predicted molar refractivity (Wildman–Crippen MR) is 71.8 cm³/mol. The van der Waals surface area contributed by atoms with Crippen LogP contribution < -0.4 is 16.4 Å². The highest BCUT2D eigenvalue weighted by Gasteiger charge is 2.09. The second kappa shape index (κ2) is 5.63. The Hall–Kier alpha value is -2.89. The van der Waals surface area contributed by atoms with Gasteiger partial charge in [0.1, 0.15) is 0 Å². The van der Waals surface area contributed by atoms with Crippen LogP contribution in [0.2, 0.25) is 0 Å². The Bertz CT molecular complexity index is 599. The second-order valence-electron chi connectivity index (χ2n) is 3.72. The Labute approximate surface area is 109 Å². The number of nitrogens with two attached hydrogens (primary N) is 1. The minimum absolute atomic E-state index is 0.257. The number of anilines is 2. The third-order valence-corrected chi connectivity index (χ3v) is 2.38. The van der Waals surface area contributed by atoms with Crippen molar-refractivity contribution in [1.29, 1.82) is 0 Å². The highest BCUT2D eigenvalue weighted by Crippen LogP contribution is 2.14. The summed E-state index contributed by atoms with van der Waals surface area (Å²) >= 11 is 0. The molecule has 0 aliphatic carbocycles. The Morgan fingerprint density at radius 1 is 1.00 bits per heavy atom. The first-order chi connectivity index (χ1) is 9.16. The van der Waals surface area contributed by atoms with Crippen LogP contribution in [0.15, 0.2) is 48.8 Å². The molecule has 19 heavy (non-hydrogen) atoms. The van der Waals surface area contributed by atoms with E-state index in [1.807, 2.05) is 0 Å². The van der Waals surface area contributed by atoms with Crippen molar-refractivity contribution in [1.82, 2.24) is 4.98 Å². The summed E-state index contributed by atoms with van der Waals surface area (Å²) in [5.74, 6) is -0.597. The molecule has 1 aromatic carbocycles. The van der Waals surface area contributed by atoms with E-state index in [0.717, 1.165) is 0 Å². The standard InChI is InChI=1S/C13H12N4O2/c14-12(18)10-3-1-2-4-11(10)17-13(19)16-9-5-7-15-8-6-9/h1-8H,(H2,14,18)(H2,15,16,17,19). The van der Waals surface area contributed by atoms with Gasteiger partial charge in [-0.25, -0.2) is 4.79 Å². The maximum atomic E-state index is 11.8. The van der Waals surface area contributed by atoms with Crippen molar-refractivity contribution < 1.29 is 9.59 Å². The molecule has 1 aromatic heterocycles. The number of urea groups is 1. The molecule has 0 saturated heterocycles. The summed E-state index contributed by atoms with van der Waals surface area (Å²) in [6.07, 6.45) is 3.12. The lowest BCUT2D eigenvalue weighted by atomic mass is 10.1. The predicted octanol–water partition coefficient (Wildman–Crippen LogP) is 1.82. The minimum Gasteiger partial charge on any atom is -0.366 e. The monoisotopic (exact) mass is 256 g/mol. The number of rotatable bonds is 3.